The fourth-order valence-corrected chi connectivity index (χ4v) is 1.41. The molecule has 0 saturated carbocycles. The molecule has 0 unspecified atom stereocenters. The number of aliphatic hydroxyl groups excluding tert-OH is 1. The molecule has 0 spiro atoms. The first kappa shape index (κ1) is 9.48. The van der Waals surface area contributed by atoms with Crippen molar-refractivity contribution < 1.29 is 9.90 Å². The molecule has 2 N–H and O–H groups in total. The Morgan fingerprint density at radius 3 is 3.00 bits per heavy atom. The predicted molar refractivity (Wildman–Crippen MR) is 45.7 cm³/mol. The molecule has 1 atom stereocenters. The number of hydrogen-bond acceptors (Lipinski definition) is 3. The van der Waals surface area contributed by atoms with Crippen molar-refractivity contribution in [2.24, 2.45) is 0 Å². The summed E-state index contributed by atoms with van der Waals surface area (Å²) in [6.07, 6.45) is 0.697. The number of aliphatic hydroxyl groups is 1. The van der Waals surface area contributed by atoms with Gasteiger partial charge < -0.3 is 10.4 Å². The summed E-state index contributed by atoms with van der Waals surface area (Å²) in [7, 11) is 0. The van der Waals surface area contributed by atoms with Crippen molar-refractivity contribution in [1.29, 1.82) is 0 Å². The van der Waals surface area contributed by atoms with Gasteiger partial charge in [-0.05, 0) is 6.42 Å². The smallest absolute Gasteiger partial charge is 0.216 e. The molecule has 4 nitrogen and oxygen atoms in total. The highest BCUT2D eigenvalue weighted by Crippen LogP contribution is 2.06. The van der Waals surface area contributed by atoms with Gasteiger partial charge in [0.15, 0.2) is 0 Å². The molecule has 1 rings (SSSR count). The summed E-state index contributed by atoms with van der Waals surface area (Å²) in [6, 6.07) is 0. The number of nitrogens with zero attached hydrogens (tertiary/aromatic N) is 1. The van der Waals surface area contributed by atoms with Gasteiger partial charge in [0.2, 0.25) is 5.91 Å². The number of rotatable bonds is 3. The molecule has 1 heterocycles. The maximum atomic E-state index is 10.5. The largest absolute Gasteiger partial charge is 0.392 e. The van der Waals surface area contributed by atoms with Crippen molar-refractivity contribution in [3.63, 3.8) is 0 Å². The van der Waals surface area contributed by atoms with Gasteiger partial charge in [0, 0.05) is 33.1 Å². The Morgan fingerprint density at radius 1 is 1.75 bits per heavy atom. The van der Waals surface area contributed by atoms with Crippen molar-refractivity contribution in [3.05, 3.63) is 0 Å². The van der Waals surface area contributed by atoms with Gasteiger partial charge in [0.25, 0.3) is 0 Å². The zero-order valence-electron chi connectivity index (χ0n) is 7.42. The van der Waals surface area contributed by atoms with Crippen LogP contribution in [0.3, 0.4) is 0 Å². The molecule has 0 aromatic heterocycles. The van der Waals surface area contributed by atoms with E-state index in [0.29, 0.717) is 6.54 Å². The van der Waals surface area contributed by atoms with E-state index in [1.54, 1.807) is 0 Å². The highest BCUT2D eigenvalue weighted by molar-refractivity contribution is 5.72. The Balaban J connectivity index is 2.04. The van der Waals surface area contributed by atoms with Crippen LogP contribution in [0.4, 0.5) is 0 Å². The minimum atomic E-state index is -0.165. The van der Waals surface area contributed by atoms with E-state index in [1.165, 1.54) is 6.92 Å². The molecule has 0 aliphatic carbocycles. The van der Waals surface area contributed by atoms with E-state index in [0.717, 1.165) is 26.1 Å². The number of carbonyl (C=O) groups excluding carboxylic acids is 1. The third-order valence-corrected chi connectivity index (χ3v) is 2.05. The molecule has 0 aromatic carbocycles. The van der Waals surface area contributed by atoms with Crippen LogP contribution in [0.1, 0.15) is 13.3 Å². The Kier molecular flexibility index (Phi) is 3.49. The summed E-state index contributed by atoms with van der Waals surface area (Å²) in [5, 5.41) is 11.9. The topological polar surface area (TPSA) is 52.6 Å². The lowest BCUT2D eigenvalue weighted by atomic mass is 10.3. The number of carbonyl (C=O) groups is 1. The second-order valence-corrected chi connectivity index (χ2v) is 3.23. The molecule has 12 heavy (non-hydrogen) atoms. The maximum absolute atomic E-state index is 10.5. The summed E-state index contributed by atoms with van der Waals surface area (Å²) in [6.45, 7) is 4.73. The molecule has 1 aliphatic rings. The van der Waals surface area contributed by atoms with Gasteiger partial charge in [-0.2, -0.15) is 0 Å². The molecule has 4 heteroatoms. The average Bonchev–Trinajstić information content (AvgIpc) is 2.35. The molecule has 0 radical (unpaired) electrons. The van der Waals surface area contributed by atoms with E-state index in [1.807, 2.05) is 0 Å². The van der Waals surface area contributed by atoms with Gasteiger partial charge in [-0.15, -0.1) is 0 Å². The number of β-amino-alcohol motifs (C(OH)–C–C–N with tert-alkyl or cyclic N) is 1. The summed E-state index contributed by atoms with van der Waals surface area (Å²) in [4.78, 5) is 12.7. The van der Waals surface area contributed by atoms with Crippen LogP contribution in [0.2, 0.25) is 0 Å². The lowest BCUT2D eigenvalue weighted by Crippen LogP contribution is -2.33. The first-order valence-electron chi connectivity index (χ1n) is 4.33. The first-order chi connectivity index (χ1) is 5.68. The molecule has 1 saturated heterocycles. The van der Waals surface area contributed by atoms with Crippen molar-refractivity contribution in [1.82, 2.24) is 10.2 Å². The van der Waals surface area contributed by atoms with Gasteiger partial charge >= 0.3 is 0 Å². The number of hydrogen-bond donors (Lipinski definition) is 2. The number of amides is 1. The Hall–Kier alpha value is -0.610. The normalized spacial score (nSPS) is 24.3. The minimum absolute atomic E-state index is 0.00902. The van der Waals surface area contributed by atoms with Crippen LogP contribution < -0.4 is 5.32 Å². The Labute approximate surface area is 72.6 Å². The molecule has 0 bridgehead atoms. The molecule has 1 amide bonds. The van der Waals surface area contributed by atoms with E-state index in [2.05, 4.69) is 10.2 Å². The van der Waals surface area contributed by atoms with Crippen molar-refractivity contribution in [3.8, 4) is 0 Å². The zero-order valence-corrected chi connectivity index (χ0v) is 7.42. The predicted octanol–water partition coefficient (Wildman–Crippen LogP) is -0.811. The van der Waals surface area contributed by atoms with Crippen LogP contribution in [-0.4, -0.2) is 48.2 Å². The third kappa shape index (κ3) is 3.19. The van der Waals surface area contributed by atoms with E-state index in [9.17, 15) is 9.90 Å². The van der Waals surface area contributed by atoms with Crippen LogP contribution in [0.5, 0.6) is 0 Å². The van der Waals surface area contributed by atoms with Gasteiger partial charge in [0.1, 0.15) is 0 Å². The Morgan fingerprint density at radius 2 is 2.50 bits per heavy atom. The molecule has 1 aliphatic heterocycles. The highest BCUT2D eigenvalue weighted by Gasteiger charge is 2.18. The van der Waals surface area contributed by atoms with Gasteiger partial charge in [-0.1, -0.05) is 0 Å². The second kappa shape index (κ2) is 4.42. The van der Waals surface area contributed by atoms with Crippen molar-refractivity contribution >= 4 is 5.91 Å². The van der Waals surface area contributed by atoms with Crippen LogP contribution in [0.15, 0.2) is 0 Å². The third-order valence-electron chi connectivity index (χ3n) is 2.05. The number of likely N-dealkylation sites (tertiary alicyclic amines) is 1. The standard InChI is InChI=1S/C8H16N2O2/c1-7(11)9-3-5-10-4-2-8(12)6-10/h8,12H,2-6H2,1H3,(H,9,11)/t8-/m1/s1. The van der Waals surface area contributed by atoms with Gasteiger partial charge in [0.05, 0.1) is 6.10 Å². The lowest BCUT2D eigenvalue weighted by molar-refractivity contribution is -0.119. The van der Waals surface area contributed by atoms with E-state index in [-0.39, 0.29) is 12.0 Å². The van der Waals surface area contributed by atoms with E-state index in [4.69, 9.17) is 0 Å². The van der Waals surface area contributed by atoms with Crippen LogP contribution in [-0.2, 0) is 4.79 Å². The van der Waals surface area contributed by atoms with Crippen molar-refractivity contribution in [2.75, 3.05) is 26.2 Å². The average molecular weight is 172 g/mol. The van der Waals surface area contributed by atoms with Gasteiger partial charge in [-0.25, -0.2) is 0 Å². The van der Waals surface area contributed by atoms with Crippen LogP contribution in [0, 0.1) is 0 Å². The summed E-state index contributed by atoms with van der Waals surface area (Å²) < 4.78 is 0. The quantitative estimate of drug-likeness (QED) is 0.585. The lowest BCUT2D eigenvalue weighted by Gasteiger charge is -2.14. The SMILES string of the molecule is CC(=O)NCCN1CC[C@@H](O)C1. The zero-order chi connectivity index (χ0) is 8.97. The molecule has 0 aromatic rings. The van der Waals surface area contributed by atoms with Crippen LogP contribution >= 0.6 is 0 Å². The van der Waals surface area contributed by atoms with E-state index < -0.39 is 0 Å². The fourth-order valence-electron chi connectivity index (χ4n) is 1.41. The highest BCUT2D eigenvalue weighted by atomic mass is 16.3. The van der Waals surface area contributed by atoms with E-state index >= 15 is 0 Å². The van der Waals surface area contributed by atoms with Crippen LogP contribution in [0.25, 0.3) is 0 Å². The van der Waals surface area contributed by atoms with Gasteiger partial charge in [-0.3, -0.25) is 9.69 Å². The molecule has 70 valence electrons. The van der Waals surface area contributed by atoms with Crippen molar-refractivity contribution in [2.45, 2.75) is 19.4 Å². The first-order valence-corrected chi connectivity index (χ1v) is 4.33. The summed E-state index contributed by atoms with van der Waals surface area (Å²) in [5.74, 6) is 0.00902. The molecular weight excluding hydrogens is 156 g/mol. The summed E-state index contributed by atoms with van der Waals surface area (Å²) >= 11 is 0. The summed E-state index contributed by atoms with van der Waals surface area (Å²) in [5.41, 5.74) is 0. The monoisotopic (exact) mass is 172 g/mol. The molecule has 1 fully saturated rings. The minimum Gasteiger partial charge on any atom is -0.392 e. The maximum Gasteiger partial charge on any atom is 0.216 e. The number of nitrogens with one attached hydrogen (secondary N) is 1. The molecular formula is C8H16N2O2. The fraction of sp³-hybridized carbons (Fsp3) is 0.875. The Bertz CT molecular complexity index is 161. The second-order valence-electron chi connectivity index (χ2n) is 3.23.